The van der Waals surface area contributed by atoms with Gasteiger partial charge < -0.3 is 49.6 Å². The Bertz CT molecular complexity index is 631. The van der Waals surface area contributed by atoms with Crippen LogP contribution in [0.1, 0.15) is 41.5 Å². The quantitative estimate of drug-likeness (QED) is 0.160. The highest BCUT2D eigenvalue weighted by Gasteiger charge is 2.41. The van der Waals surface area contributed by atoms with E-state index < -0.39 is 66.7 Å². The van der Waals surface area contributed by atoms with Gasteiger partial charge in [0.1, 0.15) is 29.5 Å². The molecule has 1 heterocycles. The second-order valence-electron chi connectivity index (χ2n) is 8.20. The zero-order chi connectivity index (χ0) is 29.0. The molecule has 1 aliphatic rings. The van der Waals surface area contributed by atoms with Crippen LogP contribution in [0.4, 0.5) is 4.79 Å². The molecule has 1 rings (SSSR count). The van der Waals surface area contributed by atoms with Gasteiger partial charge in [-0.05, 0) is 41.5 Å². The minimum Gasteiger partial charge on any atom is -0.481 e. The van der Waals surface area contributed by atoms with Crippen molar-refractivity contribution in [2.75, 3.05) is 59.5 Å². The van der Waals surface area contributed by atoms with Crippen LogP contribution in [0.15, 0.2) is 0 Å². The molecule has 14 nitrogen and oxygen atoms in total. The Morgan fingerprint density at radius 3 is 1.44 bits per heavy atom. The SMILES string of the molecule is CC(CO)(CO)C(=O)O.CCO.CCOC(=O)C(C)(CO)CO.CCOC(=O)C1(C)COC(=O)OC1. The Balaban J connectivity index is -0.000000436. The molecule has 214 valence electrons. The molecule has 0 aromatic carbocycles. The summed E-state index contributed by atoms with van der Waals surface area (Å²) in [7, 11) is 0. The topological polar surface area (TPSA) is 227 Å². The molecule has 0 spiro atoms. The predicted molar refractivity (Wildman–Crippen MR) is 124 cm³/mol. The van der Waals surface area contributed by atoms with Crippen LogP contribution in [-0.4, -0.2) is 114 Å². The lowest BCUT2D eigenvalue weighted by Gasteiger charge is -2.29. The summed E-state index contributed by atoms with van der Waals surface area (Å²) in [4.78, 5) is 43.0. The number of carboxylic acid groups (broad SMARTS) is 1. The Morgan fingerprint density at radius 2 is 1.19 bits per heavy atom. The third-order valence-electron chi connectivity index (χ3n) is 4.47. The fourth-order valence-electron chi connectivity index (χ4n) is 1.61. The zero-order valence-corrected chi connectivity index (χ0v) is 21.8. The number of rotatable bonds is 9. The number of aliphatic hydroxyl groups excluding tert-OH is 5. The van der Waals surface area contributed by atoms with Crippen molar-refractivity contribution in [1.82, 2.24) is 0 Å². The normalized spacial score (nSPS) is 14.0. The number of carbonyl (C=O) groups excluding carboxylic acids is 3. The second kappa shape index (κ2) is 19.6. The van der Waals surface area contributed by atoms with Gasteiger partial charge in [-0.3, -0.25) is 14.4 Å². The summed E-state index contributed by atoms with van der Waals surface area (Å²) < 4.78 is 18.6. The summed E-state index contributed by atoms with van der Waals surface area (Å²) in [6.07, 6.45) is -0.734. The lowest BCUT2D eigenvalue weighted by Crippen LogP contribution is -2.44. The first-order chi connectivity index (χ1) is 16.7. The van der Waals surface area contributed by atoms with Gasteiger partial charge in [-0.1, -0.05) is 0 Å². The van der Waals surface area contributed by atoms with E-state index in [1.54, 1.807) is 27.7 Å². The highest BCUT2D eigenvalue weighted by Crippen LogP contribution is 2.23. The molecule has 0 atom stereocenters. The molecule has 1 saturated heterocycles. The van der Waals surface area contributed by atoms with Crippen molar-refractivity contribution < 1.29 is 68.8 Å². The first kappa shape index (κ1) is 38.0. The Morgan fingerprint density at radius 1 is 0.833 bits per heavy atom. The number of aliphatic carboxylic acids is 1. The maximum absolute atomic E-state index is 11.3. The van der Waals surface area contributed by atoms with Crippen LogP contribution in [0, 0.1) is 16.2 Å². The molecule has 1 aliphatic heterocycles. The van der Waals surface area contributed by atoms with Gasteiger partial charge in [-0.25, -0.2) is 4.79 Å². The van der Waals surface area contributed by atoms with E-state index in [0.29, 0.717) is 6.61 Å². The lowest BCUT2D eigenvalue weighted by molar-refractivity contribution is -0.165. The van der Waals surface area contributed by atoms with Crippen LogP contribution in [-0.2, 0) is 33.3 Å². The number of hydrogen-bond acceptors (Lipinski definition) is 13. The van der Waals surface area contributed by atoms with E-state index in [1.807, 2.05) is 0 Å². The number of cyclic esters (lactones) is 2. The maximum Gasteiger partial charge on any atom is 0.508 e. The molecule has 0 bridgehead atoms. The van der Waals surface area contributed by atoms with Crippen molar-refractivity contribution in [3.8, 4) is 0 Å². The second-order valence-corrected chi connectivity index (χ2v) is 8.20. The zero-order valence-electron chi connectivity index (χ0n) is 21.8. The van der Waals surface area contributed by atoms with Crippen molar-refractivity contribution in [2.45, 2.75) is 41.5 Å². The Hall–Kier alpha value is -2.52. The van der Waals surface area contributed by atoms with Crippen LogP contribution in [0.5, 0.6) is 0 Å². The van der Waals surface area contributed by atoms with E-state index >= 15 is 0 Å². The van der Waals surface area contributed by atoms with Crippen LogP contribution in [0.25, 0.3) is 0 Å². The van der Waals surface area contributed by atoms with Crippen molar-refractivity contribution >= 4 is 24.1 Å². The minimum atomic E-state index is -1.39. The smallest absolute Gasteiger partial charge is 0.481 e. The molecular weight excluding hydrogens is 488 g/mol. The Labute approximate surface area is 210 Å². The first-order valence-corrected chi connectivity index (χ1v) is 11.1. The lowest BCUT2D eigenvalue weighted by atomic mass is 9.93. The van der Waals surface area contributed by atoms with Crippen LogP contribution in [0.2, 0.25) is 0 Å². The van der Waals surface area contributed by atoms with Gasteiger partial charge in [0.05, 0.1) is 39.6 Å². The van der Waals surface area contributed by atoms with Crippen LogP contribution >= 0.6 is 0 Å². The number of carboxylic acids is 1. The van der Waals surface area contributed by atoms with Crippen molar-refractivity contribution in [3.05, 3.63) is 0 Å². The monoisotopic (exact) mass is 530 g/mol. The fraction of sp³-hybridized carbons (Fsp3) is 0.818. The average Bonchev–Trinajstić information content (AvgIpc) is 2.86. The summed E-state index contributed by atoms with van der Waals surface area (Å²) in [6, 6.07) is 0. The predicted octanol–water partition coefficient (Wildman–Crippen LogP) is -0.676. The Kier molecular flexibility index (Phi) is 20.7. The van der Waals surface area contributed by atoms with Crippen LogP contribution in [0.3, 0.4) is 0 Å². The van der Waals surface area contributed by atoms with E-state index in [4.69, 9.17) is 35.4 Å². The molecule has 0 amide bonds. The number of esters is 2. The molecule has 0 radical (unpaired) electrons. The summed E-state index contributed by atoms with van der Waals surface area (Å²) in [6.45, 7) is 8.40. The van der Waals surface area contributed by atoms with Gasteiger partial charge in [0, 0.05) is 6.61 Å². The molecule has 0 aromatic rings. The van der Waals surface area contributed by atoms with Crippen molar-refractivity contribution in [3.63, 3.8) is 0 Å². The van der Waals surface area contributed by atoms with E-state index in [-0.39, 0.29) is 26.4 Å². The van der Waals surface area contributed by atoms with E-state index in [2.05, 4.69) is 14.2 Å². The van der Waals surface area contributed by atoms with E-state index in [1.165, 1.54) is 13.8 Å². The highest BCUT2D eigenvalue weighted by atomic mass is 16.7. The standard InChI is InChI=1S/C8H12O5.C7H14O4.C5H10O4.C2H6O/c1-3-11-6(9)8(2)4-12-7(10)13-5-8;1-3-11-6(10)7(2,4-8)5-9;1-5(2-6,3-7)4(8)9;1-2-3/h3-5H2,1-2H3;8-9H,3-5H2,1-2H3;6-7H,2-3H2,1H3,(H,8,9);3H,2H2,1H3. The third kappa shape index (κ3) is 14.1. The molecule has 0 aromatic heterocycles. The highest BCUT2D eigenvalue weighted by molar-refractivity contribution is 5.78. The van der Waals surface area contributed by atoms with Gasteiger partial charge in [0.25, 0.3) is 0 Å². The number of ether oxygens (including phenoxy) is 4. The fourth-order valence-corrected chi connectivity index (χ4v) is 1.61. The summed E-state index contributed by atoms with van der Waals surface area (Å²) >= 11 is 0. The summed E-state index contributed by atoms with van der Waals surface area (Å²) in [5.41, 5.74) is -3.40. The van der Waals surface area contributed by atoms with Gasteiger partial charge in [-0.2, -0.15) is 0 Å². The molecule has 6 N–H and O–H groups in total. The van der Waals surface area contributed by atoms with Crippen molar-refractivity contribution in [2.24, 2.45) is 16.2 Å². The van der Waals surface area contributed by atoms with Crippen LogP contribution < -0.4 is 0 Å². The average molecular weight is 531 g/mol. The summed E-state index contributed by atoms with van der Waals surface area (Å²) in [5.74, 6) is -2.15. The number of hydrogen-bond donors (Lipinski definition) is 6. The molecule has 14 heteroatoms. The molecule has 0 aliphatic carbocycles. The maximum atomic E-state index is 11.3. The van der Waals surface area contributed by atoms with Gasteiger partial charge >= 0.3 is 24.1 Å². The molecule has 0 unspecified atom stereocenters. The van der Waals surface area contributed by atoms with Gasteiger partial charge in [-0.15, -0.1) is 0 Å². The van der Waals surface area contributed by atoms with Gasteiger partial charge in [0.15, 0.2) is 0 Å². The third-order valence-corrected chi connectivity index (χ3v) is 4.47. The summed E-state index contributed by atoms with van der Waals surface area (Å²) in [5, 5.41) is 50.2. The molecular formula is C22H42O14. The largest absolute Gasteiger partial charge is 0.508 e. The number of carbonyl (C=O) groups is 4. The first-order valence-electron chi connectivity index (χ1n) is 11.1. The molecule has 1 fully saturated rings. The van der Waals surface area contributed by atoms with E-state index in [9.17, 15) is 19.2 Å². The molecule has 0 saturated carbocycles. The molecule has 36 heavy (non-hydrogen) atoms. The van der Waals surface area contributed by atoms with Gasteiger partial charge in [0.2, 0.25) is 0 Å². The minimum absolute atomic E-state index is 0.0185. The van der Waals surface area contributed by atoms with Crippen molar-refractivity contribution in [1.29, 1.82) is 0 Å². The van der Waals surface area contributed by atoms with E-state index in [0.717, 1.165) is 0 Å². The number of aliphatic hydroxyl groups is 5.